The first-order chi connectivity index (χ1) is 22.4. The lowest BCUT2D eigenvalue weighted by Crippen LogP contribution is -2.58. The summed E-state index contributed by atoms with van der Waals surface area (Å²) in [6, 6.07) is 9.61. The maximum absolute atomic E-state index is 13.9. The van der Waals surface area contributed by atoms with Crippen LogP contribution < -0.4 is 21.7 Å². The van der Waals surface area contributed by atoms with Crippen molar-refractivity contribution in [2.24, 2.45) is 0 Å². The Hall–Kier alpha value is -3.75. The van der Waals surface area contributed by atoms with Crippen molar-refractivity contribution in [3.05, 3.63) is 58.1 Å². The second-order valence-corrected chi connectivity index (χ2v) is 13.1. The second-order valence-electron chi connectivity index (χ2n) is 12.6. The quantitative estimate of drug-likeness (QED) is 0.352. The molecule has 1 atom stereocenters. The number of amides is 4. The van der Waals surface area contributed by atoms with Gasteiger partial charge in [0, 0.05) is 76.1 Å². The van der Waals surface area contributed by atoms with E-state index in [4.69, 9.17) is 22.1 Å². The second kappa shape index (κ2) is 13.4. The Morgan fingerprint density at radius 1 is 1.02 bits per heavy atom. The van der Waals surface area contributed by atoms with Crippen molar-refractivity contribution < 1.29 is 32.3 Å². The number of ether oxygens (including phenoxy) is 1. The summed E-state index contributed by atoms with van der Waals surface area (Å²) in [5.41, 5.74) is 4.95. The molecule has 0 radical (unpaired) electrons. The molecule has 3 saturated heterocycles. The van der Waals surface area contributed by atoms with Gasteiger partial charge >= 0.3 is 18.3 Å². The van der Waals surface area contributed by atoms with Crippen molar-refractivity contribution in [2.75, 3.05) is 63.4 Å². The van der Waals surface area contributed by atoms with Crippen LogP contribution in [0.15, 0.2) is 36.4 Å². The highest BCUT2D eigenvalue weighted by Gasteiger charge is 2.44. The Kier molecular flexibility index (Phi) is 9.45. The summed E-state index contributed by atoms with van der Waals surface area (Å²) in [6.45, 7) is 5.03. The predicted molar refractivity (Wildman–Crippen MR) is 170 cm³/mol. The fourth-order valence-corrected chi connectivity index (χ4v) is 7.47. The number of urea groups is 1. The number of nitrogen functional groups attached to an aromatic ring is 1. The first-order valence-corrected chi connectivity index (χ1v) is 16.3. The van der Waals surface area contributed by atoms with Crippen LogP contribution >= 0.6 is 11.6 Å². The van der Waals surface area contributed by atoms with Gasteiger partial charge in [0.25, 0.3) is 5.91 Å². The van der Waals surface area contributed by atoms with E-state index >= 15 is 0 Å². The summed E-state index contributed by atoms with van der Waals surface area (Å²) in [6.07, 6.45) is -4.89. The Morgan fingerprint density at radius 2 is 1.70 bits per heavy atom. The van der Waals surface area contributed by atoms with Gasteiger partial charge in [-0.05, 0) is 49.4 Å². The van der Waals surface area contributed by atoms with Crippen molar-refractivity contribution >= 4 is 41.0 Å². The van der Waals surface area contributed by atoms with Crippen LogP contribution in [0.4, 0.5) is 34.1 Å². The molecule has 4 aliphatic heterocycles. The molecule has 15 heteroatoms. The Bertz CT molecular complexity index is 1500. The average molecular weight is 678 g/mol. The zero-order valence-electron chi connectivity index (χ0n) is 25.9. The van der Waals surface area contributed by atoms with Crippen molar-refractivity contribution in [2.45, 2.75) is 56.0 Å². The SMILES string of the molecule is Nc1c(Cl)cc(C[C@@H](OC(=O)N2CCC3(CC2)NC(=O)Nc2ccccc23)C(=O)N2CCC(N3CCNCC3)CC2)cc1C(F)(F)F. The number of carbonyl (C=O) groups excluding carboxylic acids is 3. The maximum atomic E-state index is 13.9. The third-order valence-electron chi connectivity index (χ3n) is 9.80. The van der Waals surface area contributed by atoms with Crippen molar-refractivity contribution in [1.29, 1.82) is 0 Å². The van der Waals surface area contributed by atoms with Crippen LogP contribution in [-0.4, -0.2) is 97.2 Å². The van der Waals surface area contributed by atoms with Crippen molar-refractivity contribution in [1.82, 2.24) is 25.3 Å². The highest BCUT2D eigenvalue weighted by atomic mass is 35.5. The molecular weight excluding hydrogens is 639 g/mol. The van der Waals surface area contributed by atoms with Gasteiger partial charge in [0.1, 0.15) is 0 Å². The highest BCUT2D eigenvalue weighted by Crippen LogP contribution is 2.40. The van der Waals surface area contributed by atoms with Crippen LogP contribution in [0, 0.1) is 0 Å². The molecule has 0 saturated carbocycles. The average Bonchev–Trinajstić information content (AvgIpc) is 3.06. The number of para-hydroxylation sites is 1. The first kappa shape index (κ1) is 33.2. The molecule has 0 bridgehead atoms. The number of likely N-dealkylation sites (tertiary alicyclic amines) is 2. The predicted octanol–water partition coefficient (Wildman–Crippen LogP) is 4.01. The molecule has 0 aromatic heterocycles. The van der Waals surface area contributed by atoms with Gasteiger partial charge in [0.05, 0.1) is 21.8 Å². The zero-order valence-corrected chi connectivity index (χ0v) is 26.6. The smallest absolute Gasteiger partial charge is 0.418 e. The molecule has 6 rings (SSSR count). The Balaban J connectivity index is 1.18. The summed E-state index contributed by atoms with van der Waals surface area (Å²) in [5.74, 6) is -0.466. The van der Waals surface area contributed by atoms with Crippen LogP contribution in [0.3, 0.4) is 0 Å². The highest BCUT2D eigenvalue weighted by molar-refractivity contribution is 6.33. The van der Waals surface area contributed by atoms with Crippen molar-refractivity contribution in [3.63, 3.8) is 0 Å². The summed E-state index contributed by atoms with van der Waals surface area (Å²) in [5, 5.41) is 8.88. The van der Waals surface area contributed by atoms with E-state index in [1.54, 1.807) is 4.90 Å². The number of alkyl halides is 3. The minimum absolute atomic E-state index is 0.0741. The number of hydrogen-bond acceptors (Lipinski definition) is 7. The number of hydrogen-bond donors (Lipinski definition) is 4. The molecular formula is C32H39ClF3N7O4. The van der Waals surface area contributed by atoms with Gasteiger partial charge in [-0.3, -0.25) is 9.69 Å². The third kappa shape index (κ3) is 7.09. The molecule has 4 amide bonds. The molecule has 4 aliphatic rings. The van der Waals surface area contributed by atoms with E-state index in [0.29, 0.717) is 37.7 Å². The summed E-state index contributed by atoms with van der Waals surface area (Å²) in [7, 11) is 0. The van der Waals surface area contributed by atoms with Gasteiger partial charge in [0.2, 0.25) is 0 Å². The van der Waals surface area contributed by atoms with E-state index in [1.807, 2.05) is 24.3 Å². The fourth-order valence-electron chi connectivity index (χ4n) is 7.23. The number of fused-ring (bicyclic) bond motifs is 2. The van der Waals surface area contributed by atoms with E-state index in [1.165, 1.54) is 11.0 Å². The van der Waals surface area contributed by atoms with Crippen molar-refractivity contribution in [3.8, 4) is 0 Å². The minimum Gasteiger partial charge on any atom is -0.436 e. The van der Waals surface area contributed by atoms with Gasteiger partial charge in [-0.15, -0.1) is 0 Å². The molecule has 0 aliphatic carbocycles. The maximum Gasteiger partial charge on any atom is 0.418 e. The number of carbonyl (C=O) groups is 3. The summed E-state index contributed by atoms with van der Waals surface area (Å²) in [4.78, 5) is 45.4. The standard InChI is InChI=1S/C32H39ClF3N7O4/c33-24-18-20(17-23(27(24)37)32(34,35)36)19-26(28(44)42-11-5-21(6-12-42)41-15-9-38-10-16-41)47-30(46)43-13-7-31(8-14-43)22-3-1-2-4-25(22)39-29(45)40-31/h1-4,17-18,21,26,38H,5-16,19,37H2,(H2,39,40,45)/t26-/m1/s1. The third-order valence-corrected chi connectivity index (χ3v) is 10.1. The van der Waals surface area contributed by atoms with Gasteiger partial charge < -0.3 is 36.2 Å². The fraction of sp³-hybridized carbons (Fsp3) is 0.531. The summed E-state index contributed by atoms with van der Waals surface area (Å²) < 4.78 is 47.1. The number of benzene rings is 2. The molecule has 2 aromatic carbocycles. The Morgan fingerprint density at radius 3 is 2.38 bits per heavy atom. The van der Waals surface area contributed by atoms with Crippen LogP contribution in [0.25, 0.3) is 0 Å². The molecule has 0 unspecified atom stereocenters. The lowest BCUT2D eigenvalue weighted by atomic mass is 9.79. The molecule has 3 fully saturated rings. The van der Waals surface area contributed by atoms with Crippen LogP contribution in [-0.2, 0) is 27.7 Å². The van der Waals surface area contributed by atoms with Gasteiger partial charge in [-0.25, -0.2) is 9.59 Å². The van der Waals surface area contributed by atoms with Crippen LogP contribution in [0.5, 0.6) is 0 Å². The van der Waals surface area contributed by atoms with Gasteiger partial charge in [0.15, 0.2) is 6.10 Å². The number of piperazine rings is 1. The van der Waals surface area contributed by atoms with Crippen LogP contribution in [0.2, 0.25) is 5.02 Å². The number of anilines is 2. The molecule has 4 heterocycles. The van der Waals surface area contributed by atoms with E-state index in [2.05, 4.69) is 20.9 Å². The normalized spacial score (nSPS) is 21.1. The van der Waals surface area contributed by atoms with Crippen LogP contribution in [0.1, 0.15) is 42.4 Å². The molecule has 254 valence electrons. The first-order valence-electron chi connectivity index (χ1n) is 16.0. The monoisotopic (exact) mass is 677 g/mol. The van der Waals surface area contributed by atoms with Gasteiger partial charge in [-0.1, -0.05) is 29.8 Å². The number of nitrogens with one attached hydrogen (secondary N) is 3. The lowest BCUT2D eigenvalue weighted by molar-refractivity contribution is -0.142. The topological polar surface area (TPSA) is 132 Å². The lowest BCUT2D eigenvalue weighted by Gasteiger charge is -2.45. The van der Waals surface area contributed by atoms with E-state index in [9.17, 15) is 27.6 Å². The molecule has 47 heavy (non-hydrogen) atoms. The van der Waals surface area contributed by atoms with E-state index < -0.39 is 41.1 Å². The number of halogens is 4. The minimum atomic E-state index is -4.77. The molecule has 11 nitrogen and oxygen atoms in total. The Labute approximate surface area is 275 Å². The zero-order chi connectivity index (χ0) is 33.3. The van der Waals surface area contributed by atoms with E-state index in [0.717, 1.165) is 50.7 Å². The number of piperidine rings is 2. The van der Waals surface area contributed by atoms with E-state index in [-0.39, 0.29) is 36.1 Å². The largest absolute Gasteiger partial charge is 0.436 e. The molecule has 1 spiro atoms. The number of nitrogens with zero attached hydrogens (tertiary/aromatic N) is 3. The molecule has 2 aromatic rings. The number of nitrogens with two attached hydrogens (primary N) is 1. The molecule has 5 N–H and O–H groups in total. The number of rotatable bonds is 5. The van der Waals surface area contributed by atoms with Gasteiger partial charge in [-0.2, -0.15) is 13.2 Å². The summed E-state index contributed by atoms with van der Waals surface area (Å²) >= 11 is 6.09.